The largest absolute Gasteiger partial charge is 0.353 e. The molecule has 0 aliphatic heterocycles. The Morgan fingerprint density at radius 1 is 1.07 bits per heavy atom. The van der Waals surface area contributed by atoms with Gasteiger partial charge in [-0.1, -0.05) is 70.2 Å². The Morgan fingerprint density at radius 3 is 2.50 bits per heavy atom. The van der Waals surface area contributed by atoms with Crippen molar-refractivity contribution in [3.8, 4) is 0 Å². The number of nitrogens with zero attached hydrogens (tertiary/aromatic N) is 2. The van der Waals surface area contributed by atoms with E-state index in [1.807, 2.05) is 6.07 Å². The summed E-state index contributed by atoms with van der Waals surface area (Å²) in [5.41, 5.74) is 5.05. The predicted molar refractivity (Wildman–Crippen MR) is 125 cm³/mol. The van der Waals surface area contributed by atoms with Gasteiger partial charge in [-0.25, -0.2) is 4.98 Å². The number of imidazole rings is 1. The molecule has 1 N–H and O–H groups in total. The van der Waals surface area contributed by atoms with E-state index < -0.39 is 0 Å². The van der Waals surface area contributed by atoms with Gasteiger partial charge >= 0.3 is 0 Å². The van der Waals surface area contributed by atoms with Gasteiger partial charge in [0.2, 0.25) is 5.91 Å². The number of rotatable bonds is 9. The second-order valence-electron chi connectivity index (χ2n) is 8.86. The maximum absolute atomic E-state index is 11.2. The van der Waals surface area contributed by atoms with Crippen LogP contribution in [0.2, 0.25) is 0 Å². The number of hydrogen-bond donors (Lipinski definition) is 1. The number of unbranched alkanes of at least 4 members (excludes halogenated alkanes) is 2. The first kappa shape index (κ1) is 21.8. The molecule has 0 fully saturated rings. The normalized spacial score (nSPS) is 11.6. The van der Waals surface area contributed by atoms with E-state index in [0.29, 0.717) is 6.54 Å². The van der Waals surface area contributed by atoms with E-state index in [1.165, 1.54) is 22.7 Å². The molecule has 0 aliphatic rings. The van der Waals surface area contributed by atoms with Gasteiger partial charge in [-0.05, 0) is 47.6 Å². The summed E-state index contributed by atoms with van der Waals surface area (Å²) < 4.78 is 2.35. The van der Waals surface area contributed by atoms with Crippen molar-refractivity contribution >= 4 is 16.9 Å². The Labute approximate surface area is 180 Å². The smallest absolute Gasteiger partial charge is 0.243 e. The molecule has 0 radical (unpaired) electrons. The molecule has 2 aromatic carbocycles. The minimum atomic E-state index is -0.103. The van der Waals surface area contributed by atoms with Gasteiger partial charge in [-0.15, -0.1) is 0 Å². The molecule has 1 heterocycles. The highest BCUT2D eigenvalue weighted by atomic mass is 16.1. The third-order valence-corrected chi connectivity index (χ3v) is 5.46. The number of amides is 1. The van der Waals surface area contributed by atoms with E-state index in [2.05, 4.69) is 79.7 Å². The monoisotopic (exact) mass is 403 g/mol. The number of carbonyl (C=O) groups is 1. The maximum atomic E-state index is 11.2. The van der Waals surface area contributed by atoms with Gasteiger partial charge in [0.05, 0.1) is 11.0 Å². The summed E-state index contributed by atoms with van der Waals surface area (Å²) in [4.78, 5) is 16.1. The quantitative estimate of drug-likeness (QED) is 0.384. The van der Waals surface area contributed by atoms with Gasteiger partial charge in [0.25, 0.3) is 0 Å². The molecule has 1 aromatic heterocycles. The predicted octanol–water partition coefficient (Wildman–Crippen LogP) is 5.40. The lowest BCUT2D eigenvalue weighted by molar-refractivity contribution is -0.116. The molecule has 4 heteroatoms. The summed E-state index contributed by atoms with van der Waals surface area (Å²) in [5.74, 6) is 1.03. The van der Waals surface area contributed by atoms with Crippen LogP contribution in [0.25, 0.3) is 11.0 Å². The molecule has 1 amide bonds. The molecule has 3 aromatic rings. The Bertz CT molecular complexity index is 993. The van der Waals surface area contributed by atoms with E-state index in [-0.39, 0.29) is 11.3 Å². The summed E-state index contributed by atoms with van der Waals surface area (Å²) in [6.07, 6.45) is 5.33. The summed E-state index contributed by atoms with van der Waals surface area (Å²) in [6, 6.07) is 17.3. The van der Waals surface area contributed by atoms with Crippen molar-refractivity contribution in [2.45, 2.75) is 58.4 Å². The molecule has 4 nitrogen and oxygen atoms in total. The highest BCUT2D eigenvalue weighted by molar-refractivity contribution is 5.86. The van der Waals surface area contributed by atoms with Crippen LogP contribution in [0, 0.1) is 0 Å². The number of para-hydroxylation sites is 2. The average molecular weight is 404 g/mol. The third kappa shape index (κ3) is 5.59. The van der Waals surface area contributed by atoms with Gasteiger partial charge in [0.15, 0.2) is 0 Å². The number of aryl methyl sites for hydroxylation is 1. The fraction of sp³-hybridized carbons (Fsp3) is 0.385. The van der Waals surface area contributed by atoms with E-state index in [1.54, 1.807) is 0 Å². The minimum Gasteiger partial charge on any atom is -0.353 e. The molecule has 158 valence electrons. The number of hydrogen-bond acceptors (Lipinski definition) is 2. The van der Waals surface area contributed by atoms with Crippen LogP contribution < -0.4 is 5.32 Å². The molecular formula is C26H33N3O. The standard InChI is InChI=1S/C26H33N3O/c1-5-25(30)27-18-10-6-7-13-24-28-22-11-8-9-12-23(22)29(24)19-20-14-16-21(17-15-20)26(2,3)4/h5,8-9,11-12,14-17H,1,6-7,10,13,18-19H2,2-4H3,(H,27,30). The number of aromatic nitrogens is 2. The summed E-state index contributed by atoms with van der Waals surface area (Å²) in [5, 5.41) is 2.83. The van der Waals surface area contributed by atoms with Crippen LogP contribution in [-0.4, -0.2) is 22.0 Å². The molecule has 0 atom stereocenters. The van der Waals surface area contributed by atoms with Crippen LogP contribution in [0.15, 0.2) is 61.2 Å². The molecule has 0 saturated heterocycles. The van der Waals surface area contributed by atoms with Gasteiger partial charge in [-0.3, -0.25) is 4.79 Å². The van der Waals surface area contributed by atoms with Crippen molar-refractivity contribution in [2.24, 2.45) is 0 Å². The maximum Gasteiger partial charge on any atom is 0.243 e. The molecule has 3 rings (SSSR count). The van der Waals surface area contributed by atoms with Crippen molar-refractivity contribution < 1.29 is 4.79 Å². The Morgan fingerprint density at radius 2 is 1.80 bits per heavy atom. The van der Waals surface area contributed by atoms with Crippen LogP contribution >= 0.6 is 0 Å². The lowest BCUT2D eigenvalue weighted by atomic mass is 9.87. The minimum absolute atomic E-state index is 0.103. The van der Waals surface area contributed by atoms with Gasteiger partial charge in [0, 0.05) is 19.5 Å². The first-order chi connectivity index (χ1) is 14.4. The van der Waals surface area contributed by atoms with E-state index >= 15 is 0 Å². The lowest BCUT2D eigenvalue weighted by Crippen LogP contribution is -2.21. The SMILES string of the molecule is C=CC(=O)NCCCCCc1nc2ccccc2n1Cc1ccc(C(C)(C)C)cc1. The van der Waals surface area contributed by atoms with Crippen molar-refractivity contribution in [1.82, 2.24) is 14.9 Å². The number of benzene rings is 2. The zero-order valence-electron chi connectivity index (χ0n) is 18.4. The number of fused-ring (bicyclic) bond motifs is 1. The Balaban J connectivity index is 1.69. The first-order valence-corrected chi connectivity index (χ1v) is 10.8. The zero-order valence-corrected chi connectivity index (χ0v) is 18.4. The molecule has 0 saturated carbocycles. The lowest BCUT2D eigenvalue weighted by Gasteiger charge is -2.19. The van der Waals surface area contributed by atoms with Crippen molar-refractivity contribution in [3.63, 3.8) is 0 Å². The first-order valence-electron chi connectivity index (χ1n) is 10.8. The van der Waals surface area contributed by atoms with Crippen LogP contribution in [0.3, 0.4) is 0 Å². The van der Waals surface area contributed by atoms with Gasteiger partial charge in [-0.2, -0.15) is 0 Å². The van der Waals surface area contributed by atoms with Crippen LogP contribution in [0.1, 0.15) is 57.0 Å². The molecular weight excluding hydrogens is 370 g/mol. The van der Waals surface area contributed by atoms with Crippen LogP contribution in [0.4, 0.5) is 0 Å². The fourth-order valence-electron chi connectivity index (χ4n) is 3.65. The second kappa shape index (κ2) is 9.75. The zero-order chi connectivity index (χ0) is 21.6. The highest BCUT2D eigenvalue weighted by Gasteiger charge is 2.14. The van der Waals surface area contributed by atoms with E-state index in [0.717, 1.165) is 43.6 Å². The molecule has 30 heavy (non-hydrogen) atoms. The molecule has 0 bridgehead atoms. The van der Waals surface area contributed by atoms with Crippen molar-refractivity contribution in [2.75, 3.05) is 6.54 Å². The Hall–Kier alpha value is -2.88. The average Bonchev–Trinajstić information content (AvgIpc) is 3.07. The summed E-state index contributed by atoms with van der Waals surface area (Å²) >= 11 is 0. The van der Waals surface area contributed by atoms with Crippen LogP contribution in [0.5, 0.6) is 0 Å². The fourth-order valence-corrected chi connectivity index (χ4v) is 3.65. The van der Waals surface area contributed by atoms with Gasteiger partial charge in [0.1, 0.15) is 5.82 Å². The Kier molecular flexibility index (Phi) is 7.09. The second-order valence-corrected chi connectivity index (χ2v) is 8.86. The molecule has 0 spiro atoms. The third-order valence-electron chi connectivity index (χ3n) is 5.46. The number of nitrogens with one attached hydrogen (secondary N) is 1. The molecule has 0 aliphatic carbocycles. The number of carbonyl (C=O) groups excluding carboxylic acids is 1. The molecule has 0 unspecified atom stereocenters. The topological polar surface area (TPSA) is 46.9 Å². The van der Waals surface area contributed by atoms with Crippen molar-refractivity contribution in [1.29, 1.82) is 0 Å². The van der Waals surface area contributed by atoms with Gasteiger partial charge < -0.3 is 9.88 Å². The van der Waals surface area contributed by atoms with Crippen molar-refractivity contribution in [3.05, 3.63) is 78.1 Å². The van der Waals surface area contributed by atoms with Crippen LogP contribution in [-0.2, 0) is 23.2 Å². The van der Waals surface area contributed by atoms with E-state index in [9.17, 15) is 4.79 Å². The summed E-state index contributed by atoms with van der Waals surface area (Å²) in [7, 11) is 0. The highest BCUT2D eigenvalue weighted by Crippen LogP contribution is 2.24. The van der Waals surface area contributed by atoms with E-state index in [4.69, 9.17) is 4.98 Å². The summed E-state index contributed by atoms with van der Waals surface area (Å²) in [6.45, 7) is 11.7.